The maximum atomic E-state index is 13.9. The number of fused-ring (bicyclic) bond motifs is 3. The van der Waals surface area contributed by atoms with Crippen LogP contribution in [0.3, 0.4) is 0 Å². The number of piperazine rings is 1. The molecule has 2 aliphatic heterocycles. The van der Waals surface area contributed by atoms with E-state index in [-0.39, 0.29) is 24.1 Å². The molecule has 6 nitrogen and oxygen atoms in total. The van der Waals surface area contributed by atoms with Crippen LogP contribution in [0.2, 0.25) is 0 Å². The molecule has 3 aromatic carbocycles. The summed E-state index contributed by atoms with van der Waals surface area (Å²) in [6.45, 7) is 1.68. The molecule has 0 saturated carbocycles. The van der Waals surface area contributed by atoms with Gasteiger partial charge in [-0.3, -0.25) is 4.90 Å². The third kappa shape index (κ3) is 4.44. The van der Waals surface area contributed by atoms with Crippen LogP contribution in [0.1, 0.15) is 18.4 Å². The van der Waals surface area contributed by atoms with E-state index in [0.29, 0.717) is 19.6 Å². The van der Waals surface area contributed by atoms with Crippen LogP contribution in [0.4, 0.5) is 21.0 Å². The van der Waals surface area contributed by atoms with Crippen molar-refractivity contribution in [3.05, 3.63) is 95.9 Å². The Labute approximate surface area is 221 Å². The standard InChI is InChI=1S/C30H30N4O2S/c1-31(18-22-21-37-28-15-9-8-14-27(22)28)29(35)34-25-16-17-26(34)20-32(19-25)30(36)33(23-10-4-2-5-11-23)24-12-6-3-7-13-24/h2-15,21,25-26H,16-20H2,1H3/t25-,26+. The van der Waals surface area contributed by atoms with E-state index in [1.165, 1.54) is 15.6 Å². The summed E-state index contributed by atoms with van der Waals surface area (Å²) in [4.78, 5) is 35.1. The van der Waals surface area contributed by atoms with Gasteiger partial charge in [0.25, 0.3) is 0 Å². The number of likely N-dealkylation sites (tertiary alicyclic amines) is 1. The number of hydrogen-bond acceptors (Lipinski definition) is 3. The molecule has 2 atom stereocenters. The molecule has 2 aliphatic rings. The van der Waals surface area contributed by atoms with E-state index in [0.717, 1.165) is 24.2 Å². The molecule has 4 aromatic rings. The summed E-state index contributed by atoms with van der Waals surface area (Å²) in [7, 11) is 1.89. The van der Waals surface area contributed by atoms with Crippen LogP contribution < -0.4 is 4.90 Å². The van der Waals surface area contributed by atoms with Crippen LogP contribution in [0.15, 0.2) is 90.3 Å². The van der Waals surface area contributed by atoms with Gasteiger partial charge in [0.15, 0.2) is 0 Å². The highest BCUT2D eigenvalue weighted by molar-refractivity contribution is 7.17. The Morgan fingerprint density at radius 3 is 2.00 bits per heavy atom. The van der Waals surface area contributed by atoms with Gasteiger partial charge in [-0.2, -0.15) is 0 Å². The minimum absolute atomic E-state index is 0.0327. The predicted molar refractivity (Wildman–Crippen MR) is 149 cm³/mol. The Morgan fingerprint density at radius 1 is 0.811 bits per heavy atom. The Balaban J connectivity index is 1.19. The Bertz CT molecular complexity index is 1350. The minimum atomic E-state index is -0.0421. The summed E-state index contributed by atoms with van der Waals surface area (Å²) in [5, 5.41) is 3.37. The zero-order valence-electron chi connectivity index (χ0n) is 20.9. The monoisotopic (exact) mass is 510 g/mol. The van der Waals surface area contributed by atoms with Gasteiger partial charge in [-0.1, -0.05) is 54.6 Å². The summed E-state index contributed by atoms with van der Waals surface area (Å²) < 4.78 is 1.24. The lowest BCUT2D eigenvalue weighted by Gasteiger charge is -2.43. The largest absolute Gasteiger partial charge is 0.329 e. The third-order valence-corrected chi connectivity index (χ3v) is 8.50. The van der Waals surface area contributed by atoms with Crippen molar-refractivity contribution >= 4 is 44.9 Å². The molecule has 0 unspecified atom stereocenters. The number of benzene rings is 3. The SMILES string of the molecule is CN(Cc1csc2ccccc12)C(=O)N1[C@@H]2CC[C@H]1CN(C(=O)N(c1ccccc1)c1ccccc1)C2. The molecule has 7 heteroatoms. The highest BCUT2D eigenvalue weighted by Gasteiger charge is 2.45. The second-order valence-electron chi connectivity index (χ2n) is 9.88. The quantitative estimate of drug-likeness (QED) is 0.312. The fraction of sp³-hybridized carbons (Fsp3) is 0.267. The number of nitrogens with zero attached hydrogens (tertiary/aromatic N) is 4. The van der Waals surface area contributed by atoms with E-state index < -0.39 is 0 Å². The predicted octanol–water partition coefficient (Wildman–Crippen LogP) is 6.56. The molecule has 1 aromatic heterocycles. The number of carbonyl (C=O) groups is 2. The molecular formula is C30H30N4O2S. The number of carbonyl (C=O) groups excluding carboxylic acids is 2. The number of anilines is 2. The molecule has 37 heavy (non-hydrogen) atoms. The zero-order chi connectivity index (χ0) is 25.4. The van der Waals surface area contributed by atoms with Gasteiger partial charge in [-0.05, 0) is 59.5 Å². The second-order valence-corrected chi connectivity index (χ2v) is 10.8. The van der Waals surface area contributed by atoms with Crippen molar-refractivity contribution in [3.8, 4) is 0 Å². The van der Waals surface area contributed by atoms with Crippen molar-refractivity contribution < 1.29 is 9.59 Å². The van der Waals surface area contributed by atoms with E-state index >= 15 is 0 Å². The first-order valence-corrected chi connectivity index (χ1v) is 13.7. The summed E-state index contributed by atoms with van der Waals surface area (Å²) >= 11 is 1.72. The molecule has 2 bridgehead atoms. The lowest BCUT2D eigenvalue weighted by Crippen LogP contribution is -2.60. The van der Waals surface area contributed by atoms with Gasteiger partial charge in [0.2, 0.25) is 0 Å². The van der Waals surface area contributed by atoms with Crippen LogP contribution in [-0.2, 0) is 6.54 Å². The second kappa shape index (κ2) is 9.90. The number of rotatable bonds is 4. The van der Waals surface area contributed by atoms with Gasteiger partial charge in [0.1, 0.15) is 0 Å². The van der Waals surface area contributed by atoms with Crippen LogP contribution in [0, 0.1) is 0 Å². The van der Waals surface area contributed by atoms with Crippen molar-refractivity contribution in [3.63, 3.8) is 0 Å². The molecular weight excluding hydrogens is 480 g/mol. The molecule has 188 valence electrons. The number of urea groups is 2. The average Bonchev–Trinajstić information content (AvgIpc) is 3.46. The zero-order valence-corrected chi connectivity index (χ0v) is 21.7. The lowest BCUT2D eigenvalue weighted by molar-refractivity contribution is 0.0855. The molecule has 3 heterocycles. The van der Waals surface area contributed by atoms with Crippen molar-refractivity contribution in [1.82, 2.24) is 14.7 Å². The first kappa shape index (κ1) is 23.6. The van der Waals surface area contributed by atoms with Crippen molar-refractivity contribution in [2.45, 2.75) is 31.5 Å². The van der Waals surface area contributed by atoms with Gasteiger partial charge >= 0.3 is 12.1 Å². The topological polar surface area (TPSA) is 47.1 Å². The first-order valence-electron chi connectivity index (χ1n) is 12.8. The Morgan fingerprint density at radius 2 is 1.38 bits per heavy atom. The Kier molecular flexibility index (Phi) is 6.30. The van der Waals surface area contributed by atoms with Gasteiger partial charge in [0.05, 0.1) is 23.5 Å². The first-order chi connectivity index (χ1) is 18.1. The molecule has 0 N–H and O–H groups in total. The highest BCUT2D eigenvalue weighted by Crippen LogP contribution is 2.34. The van der Waals surface area contributed by atoms with E-state index in [1.54, 1.807) is 16.2 Å². The Hall–Kier alpha value is -3.84. The average molecular weight is 511 g/mol. The van der Waals surface area contributed by atoms with Gasteiger partial charge < -0.3 is 14.7 Å². The van der Waals surface area contributed by atoms with Crippen LogP contribution in [0.25, 0.3) is 10.1 Å². The summed E-state index contributed by atoms with van der Waals surface area (Å²) in [6.07, 6.45) is 1.85. The van der Waals surface area contributed by atoms with E-state index in [1.807, 2.05) is 94.5 Å². The number of thiophene rings is 1. The summed E-state index contributed by atoms with van der Waals surface area (Å²) in [5.74, 6) is 0. The summed E-state index contributed by atoms with van der Waals surface area (Å²) in [5.41, 5.74) is 2.86. The van der Waals surface area contributed by atoms with Crippen molar-refractivity contribution in [2.24, 2.45) is 0 Å². The maximum Gasteiger partial charge on any atom is 0.329 e. The van der Waals surface area contributed by atoms with E-state index in [9.17, 15) is 9.59 Å². The number of para-hydroxylation sites is 2. The maximum absolute atomic E-state index is 13.9. The number of hydrogen-bond donors (Lipinski definition) is 0. The van der Waals surface area contributed by atoms with E-state index in [2.05, 4.69) is 17.5 Å². The normalized spacial score (nSPS) is 18.7. The molecule has 4 amide bonds. The van der Waals surface area contributed by atoms with Gasteiger partial charge in [-0.15, -0.1) is 11.3 Å². The van der Waals surface area contributed by atoms with E-state index in [4.69, 9.17) is 0 Å². The van der Waals surface area contributed by atoms with Gasteiger partial charge in [0, 0.05) is 31.4 Å². The molecule has 2 fully saturated rings. The van der Waals surface area contributed by atoms with Gasteiger partial charge in [-0.25, -0.2) is 9.59 Å². The van der Waals surface area contributed by atoms with Crippen molar-refractivity contribution in [1.29, 1.82) is 0 Å². The molecule has 6 rings (SSSR count). The highest BCUT2D eigenvalue weighted by atomic mass is 32.1. The van der Waals surface area contributed by atoms with Crippen molar-refractivity contribution in [2.75, 3.05) is 25.0 Å². The molecule has 2 saturated heterocycles. The minimum Gasteiger partial charge on any atom is -0.323 e. The summed E-state index contributed by atoms with van der Waals surface area (Å²) in [6, 6.07) is 28.0. The molecule has 0 radical (unpaired) electrons. The van der Waals surface area contributed by atoms with Crippen LogP contribution in [0.5, 0.6) is 0 Å². The third-order valence-electron chi connectivity index (χ3n) is 7.49. The number of amides is 4. The fourth-order valence-corrected chi connectivity index (χ4v) is 6.67. The van der Waals surface area contributed by atoms with Crippen LogP contribution in [-0.4, -0.2) is 59.0 Å². The van der Waals surface area contributed by atoms with Crippen LogP contribution >= 0.6 is 11.3 Å². The molecule has 0 aliphatic carbocycles. The lowest BCUT2D eigenvalue weighted by atomic mass is 10.1. The molecule has 0 spiro atoms. The fourth-order valence-electron chi connectivity index (χ4n) is 5.71. The smallest absolute Gasteiger partial charge is 0.323 e.